The highest BCUT2D eigenvalue weighted by Crippen LogP contribution is 2.16. The lowest BCUT2D eigenvalue weighted by molar-refractivity contribution is 0.0953. The molecule has 1 aromatic heterocycles. The maximum Gasteiger partial charge on any atom is 0.261 e. The molecule has 1 aliphatic rings. The maximum absolute atomic E-state index is 12.7. The normalized spacial score (nSPS) is 14.8. The highest BCUT2D eigenvalue weighted by atomic mass is 32.1. The number of hydrogen-bond acceptors (Lipinski definition) is 5. The molecule has 1 fully saturated rings. The summed E-state index contributed by atoms with van der Waals surface area (Å²) in [6.45, 7) is 5.62. The molecule has 0 saturated carbocycles. The zero-order valence-electron chi connectivity index (χ0n) is 18.2. The summed E-state index contributed by atoms with van der Waals surface area (Å²) in [6, 6.07) is 19.0. The molecule has 3 aromatic rings. The number of hydrogen-bond donors (Lipinski definition) is 2. The standard InChI is InChI=1S/C25H28N4O2S/c1-28-11-13-29(14-12-28)18-20-4-2-5-22(16-20)27-24(30)21-9-7-19(8-10-21)17-26-25(31)23-6-3-15-32-23/h2-10,15-16H,11-14,17-18H2,1H3,(H,26,31)(H,27,30). The first-order valence-electron chi connectivity index (χ1n) is 10.8. The number of amides is 2. The molecule has 4 rings (SSSR count). The van der Waals surface area contributed by atoms with Gasteiger partial charge in [0, 0.05) is 50.5 Å². The van der Waals surface area contributed by atoms with E-state index in [-0.39, 0.29) is 11.8 Å². The molecular weight excluding hydrogens is 420 g/mol. The largest absolute Gasteiger partial charge is 0.347 e. The highest BCUT2D eigenvalue weighted by Gasteiger charge is 2.14. The van der Waals surface area contributed by atoms with E-state index in [1.165, 1.54) is 16.9 Å². The van der Waals surface area contributed by atoms with E-state index in [9.17, 15) is 9.59 Å². The van der Waals surface area contributed by atoms with Gasteiger partial charge < -0.3 is 15.5 Å². The van der Waals surface area contributed by atoms with Crippen LogP contribution >= 0.6 is 11.3 Å². The van der Waals surface area contributed by atoms with E-state index < -0.39 is 0 Å². The zero-order valence-corrected chi connectivity index (χ0v) is 19.0. The molecule has 2 N–H and O–H groups in total. The molecule has 166 valence electrons. The molecule has 1 saturated heterocycles. The lowest BCUT2D eigenvalue weighted by Gasteiger charge is -2.32. The van der Waals surface area contributed by atoms with Crippen LogP contribution in [0.5, 0.6) is 0 Å². The molecule has 0 unspecified atom stereocenters. The third-order valence-electron chi connectivity index (χ3n) is 5.60. The zero-order chi connectivity index (χ0) is 22.3. The maximum atomic E-state index is 12.7. The van der Waals surface area contributed by atoms with Crippen LogP contribution in [-0.2, 0) is 13.1 Å². The van der Waals surface area contributed by atoms with E-state index in [0.717, 1.165) is 44.0 Å². The van der Waals surface area contributed by atoms with Crippen LogP contribution in [-0.4, -0.2) is 54.8 Å². The van der Waals surface area contributed by atoms with Crippen molar-refractivity contribution in [1.29, 1.82) is 0 Å². The Balaban J connectivity index is 1.30. The van der Waals surface area contributed by atoms with E-state index in [1.54, 1.807) is 18.2 Å². The molecule has 2 aromatic carbocycles. The van der Waals surface area contributed by atoms with Gasteiger partial charge in [-0.2, -0.15) is 0 Å². The van der Waals surface area contributed by atoms with E-state index in [0.29, 0.717) is 17.0 Å². The fourth-order valence-electron chi connectivity index (χ4n) is 3.67. The van der Waals surface area contributed by atoms with Crippen LogP contribution in [0.4, 0.5) is 5.69 Å². The molecule has 0 aliphatic carbocycles. The number of nitrogens with one attached hydrogen (secondary N) is 2. The second-order valence-corrected chi connectivity index (χ2v) is 9.04. The van der Waals surface area contributed by atoms with Gasteiger partial charge in [0.25, 0.3) is 11.8 Å². The van der Waals surface area contributed by atoms with Gasteiger partial charge in [0.15, 0.2) is 0 Å². The van der Waals surface area contributed by atoms with Gasteiger partial charge in [-0.15, -0.1) is 11.3 Å². The number of thiophene rings is 1. The summed E-state index contributed by atoms with van der Waals surface area (Å²) in [5, 5.41) is 7.77. The second-order valence-electron chi connectivity index (χ2n) is 8.09. The van der Waals surface area contributed by atoms with Crippen LogP contribution in [0.25, 0.3) is 0 Å². The van der Waals surface area contributed by atoms with Gasteiger partial charge in [-0.3, -0.25) is 14.5 Å². The second kappa shape index (κ2) is 10.5. The number of nitrogens with zero attached hydrogens (tertiary/aromatic N) is 2. The molecule has 0 spiro atoms. The SMILES string of the molecule is CN1CCN(Cc2cccc(NC(=O)c3ccc(CNC(=O)c4cccs4)cc3)c2)CC1. The monoisotopic (exact) mass is 448 g/mol. The predicted molar refractivity (Wildman–Crippen MR) is 129 cm³/mol. The first-order valence-corrected chi connectivity index (χ1v) is 11.7. The Morgan fingerprint density at radius 1 is 0.906 bits per heavy atom. The number of piperazine rings is 1. The number of carbonyl (C=O) groups excluding carboxylic acids is 2. The van der Waals surface area contributed by atoms with Crippen molar-refractivity contribution in [2.45, 2.75) is 13.1 Å². The average Bonchev–Trinajstić information content (AvgIpc) is 3.35. The van der Waals surface area contributed by atoms with Crippen LogP contribution < -0.4 is 10.6 Å². The fraction of sp³-hybridized carbons (Fsp3) is 0.280. The Labute approximate surface area is 192 Å². The minimum Gasteiger partial charge on any atom is -0.347 e. The van der Waals surface area contributed by atoms with Crippen molar-refractivity contribution in [3.8, 4) is 0 Å². The van der Waals surface area contributed by atoms with Crippen molar-refractivity contribution in [3.63, 3.8) is 0 Å². The lowest BCUT2D eigenvalue weighted by Crippen LogP contribution is -2.43. The van der Waals surface area contributed by atoms with Gasteiger partial charge in [0.05, 0.1) is 4.88 Å². The summed E-state index contributed by atoms with van der Waals surface area (Å²) in [5.41, 5.74) is 3.53. The van der Waals surface area contributed by atoms with E-state index in [2.05, 4.69) is 33.5 Å². The molecular formula is C25H28N4O2S. The number of anilines is 1. The summed E-state index contributed by atoms with van der Waals surface area (Å²) in [6.07, 6.45) is 0. The van der Waals surface area contributed by atoms with E-state index in [1.807, 2.05) is 41.8 Å². The number of rotatable bonds is 7. The van der Waals surface area contributed by atoms with E-state index >= 15 is 0 Å². The Morgan fingerprint density at radius 3 is 2.41 bits per heavy atom. The van der Waals surface area contributed by atoms with Crippen LogP contribution in [0.1, 0.15) is 31.2 Å². The van der Waals surface area contributed by atoms with Crippen molar-refractivity contribution in [1.82, 2.24) is 15.1 Å². The van der Waals surface area contributed by atoms with Crippen molar-refractivity contribution < 1.29 is 9.59 Å². The van der Waals surface area contributed by atoms with Crippen molar-refractivity contribution in [2.24, 2.45) is 0 Å². The van der Waals surface area contributed by atoms with Crippen LogP contribution in [0.15, 0.2) is 66.0 Å². The van der Waals surface area contributed by atoms with E-state index in [4.69, 9.17) is 0 Å². The number of carbonyl (C=O) groups is 2. The quantitative estimate of drug-likeness (QED) is 0.579. The molecule has 0 radical (unpaired) electrons. The molecule has 0 bridgehead atoms. The summed E-state index contributed by atoms with van der Waals surface area (Å²) in [4.78, 5) is 30.2. The molecule has 2 heterocycles. The minimum atomic E-state index is -0.143. The fourth-order valence-corrected chi connectivity index (χ4v) is 4.31. The Hall–Kier alpha value is -3.00. The Kier molecular flexibility index (Phi) is 7.32. The molecule has 32 heavy (non-hydrogen) atoms. The van der Waals surface area contributed by atoms with Gasteiger partial charge in [0.1, 0.15) is 0 Å². The van der Waals surface area contributed by atoms with Crippen molar-refractivity contribution in [3.05, 3.63) is 87.6 Å². The Morgan fingerprint density at radius 2 is 1.69 bits per heavy atom. The van der Waals surface area contributed by atoms with Crippen molar-refractivity contribution >= 4 is 28.8 Å². The van der Waals surface area contributed by atoms with Crippen LogP contribution in [0.2, 0.25) is 0 Å². The lowest BCUT2D eigenvalue weighted by atomic mass is 10.1. The molecule has 6 nitrogen and oxygen atoms in total. The average molecular weight is 449 g/mol. The molecule has 1 aliphatic heterocycles. The summed E-state index contributed by atoms with van der Waals surface area (Å²) < 4.78 is 0. The smallest absolute Gasteiger partial charge is 0.261 e. The first-order chi connectivity index (χ1) is 15.6. The van der Waals surface area contributed by atoms with Gasteiger partial charge in [0.2, 0.25) is 0 Å². The minimum absolute atomic E-state index is 0.0849. The third kappa shape index (κ3) is 6.03. The first kappa shape index (κ1) is 22.2. The topological polar surface area (TPSA) is 64.7 Å². The number of likely N-dealkylation sites (N-methyl/N-ethyl adjacent to an activating group) is 1. The van der Waals surface area contributed by atoms with Crippen LogP contribution in [0.3, 0.4) is 0 Å². The molecule has 7 heteroatoms. The van der Waals surface area contributed by atoms with Crippen molar-refractivity contribution in [2.75, 3.05) is 38.5 Å². The number of benzene rings is 2. The van der Waals surface area contributed by atoms with Gasteiger partial charge in [-0.25, -0.2) is 0 Å². The highest BCUT2D eigenvalue weighted by molar-refractivity contribution is 7.12. The van der Waals surface area contributed by atoms with Gasteiger partial charge >= 0.3 is 0 Å². The Bertz CT molecular complexity index is 1040. The third-order valence-corrected chi connectivity index (χ3v) is 6.47. The molecule has 2 amide bonds. The summed E-state index contributed by atoms with van der Waals surface area (Å²) >= 11 is 1.41. The van der Waals surface area contributed by atoms with Crippen LogP contribution in [0, 0.1) is 0 Å². The predicted octanol–water partition coefficient (Wildman–Crippen LogP) is 3.68. The summed E-state index contributed by atoms with van der Waals surface area (Å²) in [7, 11) is 2.15. The van der Waals surface area contributed by atoms with Gasteiger partial charge in [-0.05, 0) is 53.9 Å². The molecule has 0 atom stereocenters. The van der Waals surface area contributed by atoms with Gasteiger partial charge in [-0.1, -0.05) is 30.3 Å². The summed E-state index contributed by atoms with van der Waals surface area (Å²) in [5.74, 6) is -0.228.